The van der Waals surface area contributed by atoms with Crippen molar-refractivity contribution < 1.29 is 0 Å². The highest BCUT2D eigenvalue weighted by molar-refractivity contribution is 5.99. The van der Waals surface area contributed by atoms with Crippen molar-refractivity contribution in [2.45, 2.75) is 43.4 Å². The fraction of sp³-hybridized carbons (Fsp3) is 0.169. The van der Waals surface area contributed by atoms with Gasteiger partial charge in [0.15, 0.2) is 0 Å². The van der Waals surface area contributed by atoms with Crippen molar-refractivity contribution >= 4 is 17.1 Å². The summed E-state index contributed by atoms with van der Waals surface area (Å²) in [4.78, 5) is 2.57. The van der Waals surface area contributed by atoms with E-state index in [9.17, 15) is 0 Å². The molecule has 1 atom stereocenters. The SMILES string of the molecule is c1ccc(-c2ccc3c(c2)C2(c4ccccc4-3)c3ccccc3-c3ccc(N(c4ccc(C5C6CC7CC(C6)CC5C7)cc4)c4ccccc4-c4ccccc4-c4ccccc4)cc32)cc1. The Hall–Kier alpha value is -7.22. The van der Waals surface area contributed by atoms with Crippen LogP contribution in [0.2, 0.25) is 0 Å². The third-order valence-corrected chi connectivity index (χ3v) is 16.6. The molecule has 66 heavy (non-hydrogen) atoms. The number of nitrogens with zero attached hydrogens (tertiary/aromatic N) is 1. The first kappa shape index (κ1) is 38.1. The highest BCUT2D eigenvalue weighted by atomic mass is 15.1. The number of rotatable bonds is 7. The van der Waals surface area contributed by atoms with Gasteiger partial charge in [-0.15, -0.1) is 0 Å². The van der Waals surface area contributed by atoms with Crippen LogP contribution in [0.3, 0.4) is 0 Å². The second-order valence-electron chi connectivity index (χ2n) is 20.0. The summed E-state index contributed by atoms with van der Waals surface area (Å²) in [7, 11) is 0. The zero-order valence-electron chi connectivity index (χ0n) is 37.2. The highest BCUT2D eigenvalue weighted by Gasteiger charge is 2.52. The molecule has 4 fully saturated rings. The van der Waals surface area contributed by atoms with E-state index in [0.717, 1.165) is 29.4 Å². The van der Waals surface area contributed by atoms with E-state index >= 15 is 0 Å². The van der Waals surface area contributed by atoms with E-state index in [1.165, 1.54) is 121 Å². The number of hydrogen-bond acceptors (Lipinski definition) is 1. The van der Waals surface area contributed by atoms with Crippen molar-refractivity contribution in [1.29, 1.82) is 0 Å². The van der Waals surface area contributed by atoms with Gasteiger partial charge in [0, 0.05) is 16.9 Å². The van der Waals surface area contributed by atoms with Crippen LogP contribution in [0, 0.1) is 23.7 Å². The predicted molar refractivity (Wildman–Crippen MR) is 274 cm³/mol. The topological polar surface area (TPSA) is 3.24 Å². The lowest BCUT2D eigenvalue weighted by molar-refractivity contribution is -0.00277. The van der Waals surface area contributed by atoms with Crippen LogP contribution >= 0.6 is 0 Å². The van der Waals surface area contributed by atoms with E-state index in [1.54, 1.807) is 5.56 Å². The maximum atomic E-state index is 2.57. The average molecular weight is 846 g/mol. The summed E-state index contributed by atoms with van der Waals surface area (Å²) in [6.07, 6.45) is 7.20. The van der Waals surface area contributed by atoms with Crippen molar-refractivity contribution in [3.05, 3.63) is 246 Å². The quantitative estimate of drug-likeness (QED) is 0.154. The molecule has 1 unspecified atom stereocenters. The molecule has 9 aromatic rings. The van der Waals surface area contributed by atoms with Gasteiger partial charge in [-0.3, -0.25) is 0 Å². The van der Waals surface area contributed by atoms with Crippen LogP contribution in [0.5, 0.6) is 0 Å². The Morgan fingerprint density at radius 2 is 0.803 bits per heavy atom. The summed E-state index contributed by atoms with van der Waals surface area (Å²) in [6.45, 7) is 0. The van der Waals surface area contributed by atoms with E-state index in [-0.39, 0.29) is 0 Å². The zero-order chi connectivity index (χ0) is 43.3. The van der Waals surface area contributed by atoms with Gasteiger partial charge in [-0.05, 0) is 176 Å². The molecule has 0 saturated heterocycles. The second kappa shape index (κ2) is 14.9. The Morgan fingerprint density at radius 3 is 1.45 bits per heavy atom. The molecule has 316 valence electrons. The Bertz CT molecular complexity index is 3290. The minimum absolute atomic E-state index is 0.493. The Kier molecular flexibility index (Phi) is 8.60. The standard InChI is InChI=1S/C65H51N/c1-3-15-44(16-4-1)47-29-33-56-54-21-9-12-24-59(54)65(61(56)40-47)60-25-13-10-22-55(60)57-34-32-51(41-62(57)65)66(50-30-27-46(28-31-50)64-48-36-42-35-43(38-48)39-49(64)37-42)63-26-14-11-23-58(63)53-20-8-7-19-52(53)45-17-5-2-6-18-45/h1-34,40-43,48-49,64H,35-39H2. The number of benzene rings is 9. The molecule has 0 N–H and O–H groups in total. The lowest BCUT2D eigenvalue weighted by Crippen LogP contribution is -2.43. The molecule has 0 aliphatic heterocycles. The maximum absolute atomic E-state index is 2.57. The van der Waals surface area contributed by atoms with Crippen LogP contribution in [-0.2, 0) is 5.41 Å². The van der Waals surface area contributed by atoms with Gasteiger partial charge in [-0.25, -0.2) is 0 Å². The summed E-state index contributed by atoms with van der Waals surface area (Å²) in [5, 5.41) is 0. The Balaban J connectivity index is 0.990. The molecule has 0 aromatic heterocycles. The fourth-order valence-corrected chi connectivity index (χ4v) is 14.3. The fourth-order valence-electron chi connectivity index (χ4n) is 14.3. The van der Waals surface area contributed by atoms with Crippen molar-refractivity contribution in [3.63, 3.8) is 0 Å². The Morgan fingerprint density at radius 1 is 0.318 bits per heavy atom. The first-order valence-electron chi connectivity index (χ1n) is 24.4. The number of para-hydroxylation sites is 1. The van der Waals surface area contributed by atoms with E-state index in [2.05, 4.69) is 223 Å². The molecule has 9 aromatic carbocycles. The molecular weight excluding hydrogens is 795 g/mol. The highest BCUT2D eigenvalue weighted by Crippen LogP contribution is 2.64. The van der Waals surface area contributed by atoms with E-state index < -0.39 is 5.41 Å². The smallest absolute Gasteiger partial charge is 0.0726 e. The molecule has 15 rings (SSSR count). The molecule has 4 saturated carbocycles. The third-order valence-electron chi connectivity index (χ3n) is 16.6. The summed E-state index contributed by atoms with van der Waals surface area (Å²) >= 11 is 0. The lowest BCUT2D eigenvalue weighted by Gasteiger charge is -2.54. The van der Waals surface area contributed by atoms with Crippen molar-refractivity contribution in [3.8, 4) is 55.6 Å². The van der Waals surface area contributed by atoms with Gasteiger partial charge in [0.2, 0.25) is 0 Å². The third kappa shape index (κ3) is 5.65. The second-order valence-corrected chi connectivity index (χ2v) is 20.0. The number of hydrogen-bond donors (Lipinski definition) is 0. The van der Waals surface area contributed by atoms with E-state index in [1.807, 2.05) is 0 Å². The molecule has 6 aliphatic rings. The van der Waals surface area contributed by atoms with Gasteiger partial charge in [0.05, 0.1) is 11.1 Å². The van der Waals surface area contributed by atoms with Crippen molar-refractivity contribution in [2.75, 3.05) is 4.90 Å². The minimum atomic E-state index is -0.493. The van der Waals surface area contributed by atoms with Crippen LogP contribution in [0.25, 0.3) is 55.6 Å². The van der Waals surface area contributed by atoms with Crippen LogP contribution in [0.4, 0.5) is 17.1 Å². The van der Waals surface area contributed by atoms with Crippen molar-refractivity contribution in [2.24, 2.45) is 23.7 Å². The predicted octanol–water partition coefficient (Wildman–Crippen LogP) is 17.0. The van der Waals surface area contributed by atoms with Crippen LogP contribution in [0.15, 0.2) is 218 Å². The number of fused-ring (bicyclic) bond motifs is 10. The summed E-state index contributed by atoms with van der Waals surface area (Å²) in [5.41, 5.74) is 22.6. The van der Waals surface area contributed by atoms with Crippen LogP contribution in [-0.4, -0.2) is 0 Å². The summed E-state index contributed by atoms with van der Waals surface area (Å²) < 4.78 is 0. The van der Waals surface area contributed by atoms with Gasteiger partial charge >= 0.3 is 0 Å². The molecule has 1 heteroatoms. The van der Waals surface area contributed by atoms with Gasteiger partial charge in [-0.2, -0.15) is 0 Å². The minimum Gasteiger partial charge on any atom is -0.310 e. The largest absolute Gasteiger partial charge is 0.310 e. The molecule has 1 nitrogen and oxygen atoms in total. The van der Waals surface area contributed by atoms with Crippen molar-refractivity contribution in [1.82, 2.24) is 0 Å². The molecular formula is C65H51N. The first-order valence-corrected chi connectivity index (χ1v) is 24.4. The molecule has 0 radical (unpaired) electrons. The van der Waals surface area contributed by atoms with Gasteiger partial charge in [-0.1, -0.05) is 182 Å². The first-order chi connectivity index (χ1) is 32.7. The zero-order valence-corrected chi connectivity index (χ0v) is 37.2. The summed E-state index contributed by atoms with van der Waals surface area (Å²) in [5.74, 6) is 4.30. The van der Waals surface area contributed by atoms with Gasteiger partial charge in [0.1, 0.15) is 0 Å². The van der Waals surface area contributed by atoms with E-state index in [0.29, 0.717) is 5.92 Å². The molecule has 0 amide bonds. The molecule has 4 bridgehead atoms. The normalized spacial score (nSPS) is 22.5. The van der Waals surface area contributed by atoms with Crippen LogP contribution in [0.1, 0.15) is 65.8 Å². The molecule has 6 aliphatic carbocycles. The van der Waals surface area contributed by atoms with Crippen LogP contribution < -0.4 is 4.90 Å². The average Bonchev–Trinajstić information content (AvgIpc) is 3.84. The lowest BCUT2D eigenvalue weighted by atomic mass is 9.51. The van der Waals surface area contributed by atoms with Gasteiger partial charge < -0.3 is 4.90 Å². The Labute approximate surface area is 389 Å². The van der Waals surface area contributed by atoms with Gasteiger partial charge in [0.25, 0.3) is 0 Å². The maximum Gasteiger partial charge on any atom is 0.0726 e. The molecule has 1 spiro atoms. The molecule has 0 heterocycles. The number of anilines is 3. The van der Waals surface area contributed by atoms with E-state index in [4.69, 9.17) is 0 Å². The monoisotopic (exact) mass is 845 g/mol. The summed E-state index contributed by atoms with van der Waals surface area (Å²) in [6, 6.07) is 82.7.